The average molecular weight is 282 g/mol. The first-order valence-electron chi connectivity index (χ1n) is 6.90. The Labute approximate surface area is 118 Å². The smallest absolute Gasteiger partial charge is 0.303 e. The summed E-state index contributed by atoms with van der Waals surface area (Å²) in [4.78, 5) is 16.8. The Bertz CT molecular complexity index is 431. The number of rotatable bonds is 5. The highest BCUT2D eigenvalue weighted by Gasteiger charge is 2.34. The van der Waals surface area contributed by atoms with Crippen molar-refractivity contribution in [3.8, 4) is 0 Å². The van der Waals surface area contributed by atoms with E-state index in [9.17, 15) is 4.79 Å². The highest BCUT2D eigenvalue weighted by molar-refractivity contribution is 7.15. The van der Waals surface area contributed by atoms with Crippen molar-refractivity contribution in [3.63, 3.8) is 0 Å². The SMILES string of the molecule is Cc1nc(NCC2(CC(=O)O)CCCCC2)sc1C. The van der Waals surface area contributed by atoms with Gasteiger partial charge in [0, 0.05) is 11.4 Å². The van der Waals surface area contributed by atoms with Gasteiger partial charge >= 0.3 is 5.97 Å². The van der Waals surface area contributed by atoms with Crippen LogP contribution in [0.3, 0.4) is 0 Å². The molecule has 1 aromatic rings. The Morgan fingerprint density at radius 3 is 2.58 bits per heavy atom. The number of hydrogen-bond acceptors (Lipinski definition) is 4. The molecule has 19 heavy (non-hydrogen) atoms. The zero-order valence-electron chi connectivity index (χ0n) is 11.7. The predicted molar refractivity (Wildman–Crippen MR) is 77.8 cm³/mol. The quantitative estimate of drug-likeness (QED) is 0.866. The van der Waals surface area contributed by atoms with Crippen LogP contribution in [0.1, 0.15) is 49.1 Å². The van der Waals surface area contributed by atoms with Crippen molar-refractivity contribution in [2.75, 3.05) is 11.9 Å². The van der Waals surface area contributed by atoms with Crippen LogP contribution in [0.5, 0.6) is 0 Å². The summed E-state index contributed by atoms with van der Waals surface area (Å²) in [5.41, 5.74) is 0.973. The lowest BCUT2D eigenvalue weighted by molar-refractivity contribution is -0.140. The van der Waals surface area contributed by atoms with Gasteiger partial charge in [-0.3, -0.25) is 4.79 Å². The van der Waals surface area contributed by atoms with Gasteiger partial charge < -0.3 is 10.4 Å². The number of carbonyl (C=O) groups is 1. The fourth-order valence-electron chi connectivity index (χ4n) is 2.85. The largest absolute Gasteiger partial charge is 0.481 e. The van der Waals surface area contributed by atoms with Gasteiger partial charge in [-0.05, 0) is 32.1 Å². The standard InChI is InChI=1S/C14H22N2O2S/c1-10-11(2)19-13(16-10)15-9-14(8-12(17)18)6-4-3-5-7-14/h3-9H2,1-2H3,(H,15,16)(H,17,18). The summed E-state index contributed by atoms with van der Waals surface area (Å²) in [7, 11) is 0. The van der Waals surface area contributed by atoms with Gasteiger partial charge in [0.1, 0.15) is 0 Å². The van der Waals surface area contributed by atoms with Crippen LogP contribution in [0.25, 0.3) is 0 Å². The van der Waals surface area contributed by atoms with E-state index in [0.29, 0.717) is 0 Å². The molecule has 4 nitrogen and oxygen atoms in total. The Balaban J connectivity index is 2.01. The van der Waals surface area contributed by atoms with E-state index in [0.717, 1.165) is 43.1 Å². The van der Waals surface area contributed by atoms with Crippen molar-refractivity contribution >= 4 is 22.4 Å². The maximum absolute atomic E-state index is 11.1. The maximum atomic E-state index is 11.1. The van der Waals surface area contributed by atoms with Crippen LogP contribution in [0.15, 0.2) is 0 Å². The number of nitrogens with one attached hydrogen (secondary N) is 1. The van der Waals surface area contributed by atoms with Gasteiger partial charge in [0.2, 0.25) is 0 Å². The first-order chi connectivity index (χ1) is 9.01. The van der Waals surface area contributed by atoms with Gasteiger partial charge in [-0.25, -0.2) is 4.98 Å². The number of anilines is 1. The van der Waals surface area contributed by atoms with Crippen LogP contribution in [0, 0.1) is 19.3 Å². The zero-order valence-corrected chi connectivity index (χ0v) is 12.5. The number of hydrogen-bond donors (Lipinski definition) is 2. The molecule has 0 spiro atoms. The number of carboxylic acids is 1. The van der Waals surface area contributed by atoms with Crippen LogP contribution in [0.2, 0.25) is 0 Å². The lowest BCUT2D eigenvalue weighted by Gasteiger charge is -2.36. The molecule has 0 unspecified atom stereocenters. The van der Waals surface area contributed by atoms with E-state index < -0.39 is 5.97 Å². The van der Waals surface area contributed by atoms with Crippen LogP contribution in [-0.4, -0.2) is 22.6 Å². The molecule has 5 heteroatoms. The molecule has 0 aliphatic heterocycles. The van der Waals surface area contributed by atoms with E-state index in [-0.39, 0.29) is 11.8 Å². The molecular formula is C14H22N2O2S. The highest BCUT2D eigenvalue weighted by Crippen LogP contribution is 2.39. The Morgan fingerprint density at radius 2 is 2.05 bits per heavy atom. The molecular weight excluding hydrogens is 260 g/mol. The molecule has 1 aliphatic carbocycles. The zero-order chi connectivity index (χ0) is 13.9. The Kier molecular flexibility index (Phi) is 4.45. The third kappa shape index (κ3) is 3.69. The summed E-state index contributed by atoms with van der Waals surface area (Å²) in [6.45, 7) is 4.79. The first kappa shape index (κ1) is 14.3. The van der Waals surface area contributed by atoms with Gasteiger partial charge in [-0.1, -0.05) is 19.3 Å². The summed E-state index contributed by atoms with van der Waals surface area (Å²) in [5, 5.41) is 13.4. The summed E-state index contributed by atoms with van der Waals surface area (Å²) < 4.78 is 0. The molecule has 1 fully saturated rings. The fourth-order valence-corrected chi connectivity index (χ4v) is 3.66. The summed E-state index contributed by atoms with van der Waals surface area (Å²) in [5.74, 6) is -0.685. The van der Waals surface area contributed by atoms with E-state index in [1.807, 2.05) is 6.92 Å². The maximum Gasteiger partial charge on any atom is 0.303 e. The van der Waals surface area contributed by atoms with Crippen LogP contribution in [-0.2, 0) is 4.79 Å². The molecule has 1 heterocycles. The Morgan fingerprint density at radius 1 is 1.37 bits per heavy atom. The summed E-state index contributed by atoms with van der Waals surface area (Å²) in [6.07, 6.45) is 5.81. The number of thiazole rings is 1. The van der Waals surface area contributed by atoms with Crippen molar-refractivity contribution in [1.29, 1.82) is 0 Å². The molecule has 0 amide bonds. The van der Waals surface area contributed by atoms with Gasteiger partial charge in [0.15, 0.2) is 5.13 Å². The Hall–Kier alpha value is -1.10. The van der Waals surface area contributed by atoms with E-state index >= 15 is 0 Å². The normalized spacial score (nSPS) is 18.2. The van der Waals surface area contributed by atoms with Crippen molar-refractivity contribution in [3.05, 3.63) is 10.6 Å². The van der Waals surface area contributed by atoms with Crippen molar-refractivity contribution in [2.45, 2.75) is 52.4 Å². The molecule has 1 aromatic heterocycles. The van der Waals surface area contributed by atoms with Gasteiger partial charge in [0.25, 0.3) is 0 Å². The van der Waals surface area contributed by atoms with Crippen molar-refractivity contribution in [1.82, 2.24) is 4.98 Å². The van der Waals surface area contributed by atoms with Crippen LogP contribution >= 0.6 is 11.3 Å². The summed E-state index contributed by atoms with van der Waals surface area (Å²) in [6, 6.07) is 0. The van der Waals surface area contributed by atoms with Gasteiger partial charge in [-0.15, -0.1) is 11.3 Å². The third-order valence-electron chi connectivity index (χ3n) is 4.08. The van der Waals surface area contributed by atoms with Crippen molar-refractivity contribution < 1.29 is 9.90 Å². The first-order valence-corrected chi connectivity index (χ1v) is 7.72. The minimum absolute atomic E-state index is 0.0858. The molecule has 1 saturated carbocycles. The average Bonchev–Trinajstić information content (AvgIpc) is 2.67. The lowest BCUT2D eigenvalue weighted by atomic mass is 9.72. The molecule has 2 N–H and O–H groups in total. The number of aliphatic carboxylic acids is 1. The van der Waals surface area contributed by atoms with Crippen LogP contribution < -0.4 is 5.32 Å². The summed E-state index contributed by atoms with van der Waals surface area (Å²) >= 11 is 1.65. The highest BCUT2D eigenvalue weighted by atomic mass is 32.1. The van der Waals surface area contributed by atoms with Crippen LogP contribution in [0.4, 0.5) is 5.13 Å². The molecule has 106 valence electrons. The molecule has 0 atom stereocenters. The molecule has 0 saturated heterocycles. The second kappa shape index (κ2) is 5.90. The van der Waals surface area contributed by atoms with Crippen molar-refractivity contribution in [2.24, 2.45) is 5.41 Å². The molecule has 2 rings (SSSR count). The van der Waals surface area contributed by atoms with E-state index in [1.54, 1.807) is 11.3 Å². The minimum atomic E-state index is -0.685. The van der Waals surface area contributed by atoms with E-state index in [4.69, 9.17) is 5.11 Å². The molecule has 0 radical (unpaired) electrons. The topological polar surface area (TPSA) is 62.2 Å². The monoisotopic (exact) mass is 282 g/mol. The third-order valence-corrected chi connectivity index (χ3v) is 5.11. The molecule has 0 aromatic carbocycles. The predicted octanol–water partition coefficient (Wildman–Crippen LogP) is 3.60. The number of aryl methyl sites for hydroxylation is 2. The lowest BCUT2D eigenvalue weighted by Crippen LogP contribution is -2.34. The molecule has 0 bridgehead atoms. The van der Waals surface area contributed by atoms with E-state index in [2.05, 4.69) is 17.2 Å². The molecule has 1 aliphatic rings. The fraction of sp³-hybridized carbons (Fsp3) is 0.714. The van der Waals surface area contributed by atoms with E-state index in [1.165, 1.54) is 11.3 Å². The van der Waals surface area contributed by atoms with Gasteiger partial charge in [-0.2, -0.15) is 0 Å². The second-order valence-corrected chi connectivity index (χ2v) is 6.85. The number of nitrogens with zero attached hydrogens (tertiary/aromatic N) is 1. The second-order valence-electron chi connectivity index (χ2n) is 5.65. The minimum Gasteiger partial charge on any atom is -0.481 e. The number of carboxylic acid groups (broad SMARTS) is 1. The number of aromatic nitrogens is 1. The van der Waals surface area contributed by atoms with Gasteiger partial charge in [0.05, 0.1) is 12.1 Å².